The first-order chi connectivity index (χ1) is 17.0. The summed E-state index contributed by atoms with van der Waals surface area (Å²) in [4.78, 5) is 38.6. The molecule has 1 aromatic heterocycles. The first kappa shape index (κ1) is 27.3. The summed E-state index contributed by atoms with van der Waals surface area (Å²) in [6, 6.07) is 5.47. The molecular formula is C27H37N3O6. The minimum atomic E-state index is -0.741. The predicted octanol–water partition coefficient (Wildman–Crippen LogP) is 4.01. The van der Waals surface area contributed by atoms with Crippen molar-refractivity contribution in [2.24, 2.45) is 7.05 Å². The lowest BCUT2D eigenvalue weighted by atomic mass is 10.0. The van der Waals surface area contributed by atoms with Crippen molar-refractivity contribution in [3.63, 3.8) is 0 Å². The monoisotopic (exact) mass is 499 g/mol. The average Bonchev–Trinajstić information content (AvgIpc) is 2.97. The minimum Gasteiger partial charge on any atom is -0.444 e. The maximum absolute atomic E-state index is 12.9. The Bertz CT molecular complexity index is 1190. The number of oxazole rings is 1. The summed E-state index contributed by atoms with van der Waals surface area (Å²) in [7, 11) is 1.67. The summed E-state index contributed by atoms with van der Waals surface area (Å²) in [5, 5.41) is 3.00. The molecule has 2 amide bonds. The van der Waals surface area contributed by atoms with E-state index in [-0.39, 0.29) is 18.5 Å². The number of aryl methyl sites for hydroxylation is 1. The lowest BCUT2D eigenvalue weighted by molar-refractivity contribution is -0.133. The molecule has 0 spiro atoms. The Morgan fingerprint density at radius 1 is 1.33 bits per heavy atom. The summed E-state index contributed by atoms with van der Waals surface area (Å²) in [5.41, 5.74) is 2.52. The minimum absolute atomic E-state index is 0.0983. The summed E-state index contributed by atoms with van der Waals surface area (Å²) in [5.74, 6) is -0.639. The van der Waals surface area contributed by atoms with Gasteiger partial charge in [-0.05, 0) is 70.2 Å². The molecule has 0 aliphatic carbocycles. The third-order valence-corrected chi connectivity index (χ3v) is 5.92. The first-order valence-electron chi connectivity index (χ1n) is 12.3. The van der Waals surface area contributed by atoms with Gasteiger partial charge in [0.05, 0.1) is 12.1 Å². The Balaban J connectivity index is 1.56. The molecule has 0 bridgehead atoms. The molecule has 1 aliphatic rings. The van der Waals surface area contributed by atoms with E-state index in [2.05, 4.69) is 18.0 Å². The molecule has 0 saturated carbocycles. The summed E-state index contributed by atoms with van der Waals surface area (Å²) in [6.07, 6.45) is 4.71. The number of hydrogen-bond acceptors (Lipinski definition) is 6. The molecule has 1 aliphatic heterocycles. The van der Waals surface area contributed by atoms with Gasteiger partial charge >= 0.3 is 11.8 Å². The number of hydrogen-bond donors (Lipinski definition) is 1. The summed E-state index contributed by atoms with van der Waals surface area (Å²) < 4.78 is 17.8. The lowest BCUT2D eigenvalue weighted by Gasteiger charge is -2.28. The average molecular weight is 500 g/mol. The molecule has 1 fully saturated rings. The summed E-state index contributed by atoms with van der Waals surface area (Å²) in [6.45, 7) is 12.4. The number of nitrogens with one attached hydrogen (secondary N) is 1. The van der Waals surface area contributed by atoms with E-state index in [9.17, 15) is 14.4 Å². The second kappa shape index (κ2) is 11.6. The Hall–Kier alpha value is -3.33. The highest BCUT2D eigenvalue weighted by Gasteiger charge is 2.30. The number of fused-ring (bicyclic) bond motifs is 1. The quantitative estimate of drug-likeness (QED) is 0.578. The van der Waals surface area contributed by atoms with Crippen LogP contribution in [0.15, 0.2) is 46.1 Å². The summed E-state index contributed by atoms with van der Waals surface area (Å²) >= 11 is 0. The fraction of sp³-hybridized carbons (Fsp3) is 0.519. The maximum Gasteiger partial charge on any atom is 0.419 e. The van der Waals surface area contributed by atoms with Crippen molar-refractivity contribution in [2.45, 2.75) is 64.7 Å². The molecule has 3 rings (SSSR count). The van der Waals surface area contributed by atoms with E-state index < -0.39 is 23.6 Å². The Kier molecular flexibility index (Phi) is 8.79. The van der Waals surface area contributed by atoms with E-state index in [0.717, 1.165) is 16.7 Å². The van der Waals surface area contributed by atoms with Gasteiger partial charge in [-0.15, -0.1) is 0 Å². The standard InChI is InChI=1S/C27H37N3O6/c1-7-19(20-12-13-22-21(16-20)29(6)25(32)35-22)11-8-10-18(2)28-24(31)23-17-30(14-9-15-34-23)26(33)36-27(3,4)5/h7,11-13,16,18,23H,1,8-10,14-15,17H2,2-6H3,(H,28,31)/b19-11+/t18?,23-/m0/s1. The SMILES string of the molecule is C=C/C(=C\CCC(C)NC(=O)[C@@H]1CN(C(=O)OC(C)(C)C)CCCO1)c1ccc2oc(=O)n(C)c2c1. The molecule has 9 nitrogen and oxygen atoms in total. The Morgan fingerprint density at radius 3 is 2.78 bits per heavy atom. The van der Waals surface area contributed by atoms with E-state index >= 15 is 0 Å². The maximum atomic E-state index is 12.9. The zero-order valence-electron chi connectivity index (χ0n) is 21.8. The zero-order valence-corrected chi connectivity index (χ0v) is 21.8. The molecule has 36 heavy (non-hydrogen) atoms. The van der Waals surface area contributed by atoms with Gasteiger partial charge < -0.3 is 24.1 Å². The van der Waals surface area contributed by atoms with Gasteiger partial charge in [-0.1, -0.05) is 24.8 Å². The van der Waals surface area contributed by atoms with Crippen LogP contribution in [0.2, 0.25) is 0 Å². The number of allylic oxidation sites excluding steroid dienone is 3. The molecule has 1 saturated heterocycles. The number of carbonyl (C=O) groups excluding carboxylic acids is 2. The molecule has 9 heteroatoms. The third kappa shape index (κ3) is 7.10. The molecule has 2 aromatic rings. The Morgan fingerprint density at radius 2 is 2.08 bits per heavy atom. The van der Waals surface area contributed by atoms with Gasteiger partial charge in [0, 0.05) is 26.2 Å². The Labute approximate surface area is 211 Å². The smallest absolute Gasteiger partial charge is 0.419 e. The van der Waals surface area contributed by atoms with Crippen LogP contribution in [-0.2, 0) is 21.3 Å². The number of amides is 2. The van der Waals surface area contributed by atoms with Gasteiger partial charge in [0.2, 0.25) is 0 Å². The number of rotatable bonds is 7. The van der Waals surface area contributed by atoms with Gasteiger partial charge in [0.1, 0.15) is 5.60 Å². The van der Waals surface area contributed by atoms with Gasteiger partial charge in [0.15, 0.2) is 11.7 Å². The zero-order chi connectivity index (χ0) is 26.5. The number of aromatic nitrogens is 1. The van der Waals surface area contributed by atoms with Crippen LogP contribution < -0.4 is 11.1 Å². The van der Waals surface area contributed by atoms with E-state index in [0.29, 0.717) is 38.0 Å². The van der Waals surface area contributed by atoms with Gasteiger partial charge in [-0.2, -0.15) is 0 Å². The van der Waals surface area contributed by atoms with Crippen LogP contribution in [0.25, 0.3) is 16.7 Å². The molecule has 1 unspecified atom stereocenters. The van der Waals surface area contributed by atoms with E-state index in [1.807, 2.05) is 39.8 Å². The van der Waals surface area contributed by atoms with Crippen molar-refractivity contribution in [3.8, 4) is 0 Å². The number of ether oxygens (including phenoxy) is 2. The topological polar surface area (TPSA) is 103 Å². The van der Waals surface area contributed by atoms with Crippen LogP contribution in [0.4, 0.5) is 4.79 Å². The van der Waals surface area contributed by atoms with E-state index in [1.54, 1.807) is 24.1 Å². The van der Waals surface area contributed by atoms with Crippen molar-refractivity contribution in [1.29, 1.82) is 0 Å². The fourth-order valence-electron chi connectivity index (χ4n) is 4.00. The van der Waals surface area contributed by atoms with Crippen LogP contribution in [0.1, 0.15) is 52.5 Å². The van der Waals surface area contributed by atoms with E-state index in [1.165, 1.54) is 4.57 Å². The number of carbonyl (C=O) groups is 2. The van der Waals surface area contributed by atoms with Crippen LogP contribution in [0, 0.1) is 0 Å². The van der Waals surface area contributed by atoms with Crippen molar-refractivity contribution in [3.05, 3.63) is 53.0 Å². The van der Waals surface area contributed by atoms with Crippen LogP contribution in [-0.4, -0.2) is 58.9 Å². The lowest BCUT2D eigenvalue weighted by Crippen LogP contribution is -2.48. The first-order valence-corrected chi connectivity index (χ1v) is 12.3. The highest BCUT2D eigenvalue weighted by atomic mass is 16.6. The molecule has 2 heterocycles. The predicted molar refractivity (Wildman–Crippen MR) is 139 cm³/mol. The number of benzene rings is 1. The highest BCUT2D eigenvalue weighted by molar-refractivity contribution is 5.83. The largest absolute Gasteiger partial charge is 0.444 e. The van der Waals surface area contributed by atoms with Crippen molar-refractivity contribution < 1.29 is 23.5 Å². The normalized spacial score (nSPS) is 18.0. The molecular weight excluding hydrogens is 462 g/mol. The van der Waals surface area contributed by atoms with Gasteiger partial charge in [-0.25, -0.2) is 9.59 Å². The third-order valence-electron chi connectivity index (χ3n) is 5.92. The van der Waals surface area contributed by atoms with Gasteiger partial charge in [0.25, 0.3) is 5.91 Å². The van der Waals surface area contributed by atoms with Crippen LogP contribution in [0.3, 0.4) is 0 Å². The van der Waals surface area contributed by atoms with Crippen molar-refractivity contribution >= 4 is 28.7 Å². The molecule has 196 valence electrons. The van der Waals surface area contributed by atoms with Crippen LogP contribution in [0.5, 0.6) is 0 Å². The van der Waals surface area contributed by atoms with E-state index in [4.69, 9.17) is 13.9 Å². The van der Waals surface area contributed by atoms with Crippen molar-refractivity contribution in [1.82, 2.24) is 14.8 Å². The van der Waals surface area contributed by atoms with Gasteiger partial charge in [-0.3, -0.25) is 9.36 Å². The molecule has 0 radical (unpaired) electrons. The molecule has 1 N–H and O–H groups in total. The number of nitrogens with zero attached hydrogens (tertiary/aromatic N) is 2. The molecule has 1 aromatic carbocycles. The second-order valence-corrected chi connectivity index (χ2v) is 10.1. The fourth-order valence-corrected chi connectivity index (χ4v) is 4.00. The molecule has 2 atom stereocenters. The second-order valence-electron chi connectivity index (χ2n) is 10.1. The highest BCUT2D eigenvalue weighted by Crippen LogP contribution is 2.22. The van der Waals surface area contributed by atoms with Crippen molar-refractivity contribution in [2.75, 3.05) is 19.7 Å². The van der Waals surface area contributed by atoms with Crippen LogP contribution >= 0.6 is 0 Å².